The van der Waals surface area contributed by atoms with Crippen molar-refractivity contribution in [3.8, 4) is 5.75 Å². The van der Waals surface area contributed by atoms with Crippen LogP contribution in [0.5, 0.6) is 5.75 Å². The van der Waals surface area contributed by atoms with E-state index in [-0.39, 0.29) is 0 Å². The average molecular weight is 150 g/mol. The fourth-order valence-electron chi connectivity index (χ4n) is 0.940. The molecule has 1 aromatic carbocycles. The van der Waals surface area contributed by atoms with E-state index in [9.17, 15) is 0 Å². The first-order valence-corrected chi connectivity index (χ1v) is 3.08. The zero-order valence-electron chi connectivity index (χ0n) is 5.61. The van der Waals surface area contributed by atoms with Crippen LogP contribution >= 0.6 is 0 Å². The second-order valence-electron chi connectivity index (χ2n) is 2.08. The molecule has 0 bridgehead atoms. The second kappa shape index (κ2) is 2.21. The minimum atomic E-state index is 0.524. The van der Waals surface area contributed by atoms with Crippen LogP contribution < -0.4 is 10.7 Å². The van der Waals surface area contributed by atoms with Gasteiger partial charge in [0.25, 0.3) is 0 Å². The molecular formula is C6H6N4O. The molecule has 0 unspecified atom stereocenters. The van der Waals surface area contributed by atoms with Gasteiger partial charge in [0.2, 0.25) is 0 Å². The van der Waals surface area contributed by atoms with Crippen molar-refractivity contribution in [2.24, 2.45) is 5.90 Å². The molecule has 0 aliphatic rings. The van der Waals surface area contributed by atoms with Gasteiger partial charge in [-0.25, -0.2) is 0 Å². The van der Waals surface area contributed by atoms with Gasteiger partial charge in [0.05, 0.1) is 5.52 Å². The maximum absolute atomic E-state index is 4.99. The number of nitrogens with one attached hydrogen (secondary N) is 1. The van der Waals surface area contributed by atoms with Gasteiger partial charge >= 0.3 is 0 Å². The molecule has 0 fully saturated rings. The summed E-state index contributed by atoms with van der Waals surface area (Å²) >= 11 is 0. The number of aromatic nitrogens is 3. The summed E-state index contributed by atoms with van der Waals surface area (Å²) < 4.78 is 0. The van der Waals surface area contributed by atoms with Gasteiger partial charge < -0.3 is 4.84 Å². The number of H-pyrrole nitrogens is 1. The van der Waals surface area contributed by atoms with Crippen LogP contribution in [0.25, 0.3) is 11.0 Å². The zero-order valence-corrected chi connectivity index (χ0v) is 5.61. The highest BCUT2D eigenvalue weighted by atomic mass is 16.6. The maximum Gasteiger partial charge on any atom is 0.176 e. The van der Waals surface area contributed by atoms with Crippen molar-refractivity contribution in [1.82, 2.24) is 15.4 Å². The summed E-state index contributed by atoms with van der Waals surface area (Å²) in [5, 5.41) is 10.1. The minimum Gasteiger partial charge on any atom is -0.409 e. The highest BCUT2D eigenvalue weighted by Gasteiger charge is 2.02. The van der Waals surface area contributed by atoms with Crippen LogP contribution in [-0.2, 0) is 0 Å². The van der Waals surface area contributed by atoms with Gasteiger partial charge in [0.15, 0.2) is 11.3 Å². The standard InChI is InChI=1S/C6H6N4O/c7-11-5-3-1-2-4-6(5)9-10-8-4/h1-3H,7H2,(H,8,9,10). The number of hydrogen-bond donors (Lipinski definition) is 2. The number of nitrogens with zero attached hydrogens (tertiary/aromatic N) is 2. The van der Waals surface area contributed by atoms with Crippen molar-refractivity contribution in [1.29, 1.82) is 0 Å². The molecule has 0 radical (unpaired) electrons. The van der Waals surface area contributed by atoms with Crippen LogP contribution in [0, 0.1) is 0 Å². The predicted octanol–water partition coefficient (Wildman–Crippen LogP) is 0.210. The molecule has 1 aromatic heterocycles. The highest BCUT2D eigenvalue weighted by molar-refractivity contribution is 5.80. The lowest BCUT2D eigenvalue weighted by atomic mass is 10.3. The van der Waals surface area contributed by atoms with Crippen molar-refractivity contribution < 1.29 is 4.84 Å². The first-order chi connectivity index (χ1) is 5.42. The van der Waals surface area contributed by atoms with Crippen molar-refractivity contribution >= 4 is 11.0 Å². The normalized spacial score (nSPS) is 10.3. The molecule has 2 aromatic rings. The van der Waals surface area contributed by atoms with E-state index in [1.807, 2.05) is 12.1 Å². The topological polar surface area (TPSA) is 76.8 Å². The number of benzene rings is 1. The molecule has 11 heavy (non-hydrogen) atoms. The third kappa shape index (κ3) is 0.821. The molecule has 0 aliphatic carbocycles. The Kier molecular flexibility index (Phi) is 1.23. The second-order valence-corrected chi connectivity index (χ2v) is 2.08. The summed E-state index contributed by atoms with van der Waals surface area (Å²) in [6.45, 7) is 0. The Morgan fingerprint density at radius 2 is 2.36 bits per heavy atom. The fourth-order valence-corrected chi connectivity index (χ4v) is 0.940. The number of hydrogen-bond acceptors (Lipinski definition) is 4. The van der Waals surface area contributed by atoms with E-state index in [2.05, 4.69) is 20.2 Å². The summed E-state index contributed by atoms with van der Waals surface area (Å²) in [7, 11) is 0. The zero-order chi connectivity index (χ0) is 7.68. The summed E-state index contributed by atoms with van der Waals surface area (Å²) in [5.41, 5.74) is 1.46. The molecule has 1 heterocycles. The molecule has 0 aliphatic heterocycles. The van der Waals surface area contributed by atoms with E-state index in [1.54, 1.807) is 6.07 Å². The van der Waals surface area contributed by atoms with Gasteiger partial charge in [0.1, 0.15) is 0 Å². The van der Waals surface area contributed by atoms with Crippen molar-refractivity contribution in [2.75, 3.05) is 0 Å². The monoisotopic (exact) mass is 150 g/mol. The Labute approximate surface area is 62.1 Å². The van der Waals surface area contributed by atoms with Crippen LogP contribution in [0.1, 0.15) is 0 Å². The van der Waals surface area contributed by atoms with E-state index >= 15 is 0 Å². The van der Waals surface area contributed by atoms with Gasteiger partial charge in [-0.3, -0.25) is 5.10 Å². The van der Waals surface area contributed by atoms with Crippen LogP contribution in [0.4, 0.5) is 0 Å². The lowest BCUT2D eigenvalue weighted by Gasteiger charge is -1.95. The molecule has 56 valence electrons. The van der Waals surface area contributed by atoms with E-state index in [4.69, 9.17) is 5.90 Å². The average Bonchev–Trinajstić information content (AvgIpc) is 2.50. The Hall–Kier alpha value is -1.62. The molecule has 0 amide bonds. The molecule has 0 spiro atoms. The van der Waals surface area contributed by atoms with Crippen LogP contribution in [0.15, 0.2) is 18.2 Å². The van der Waals surface area contributed by atoms with Gasteiger partial charge in [-0.2, -0.15) is 5.90 Å². The first kappa shape index (κ1) is 6.11. The number of aromatic amines is 1. The van der Waals surface area contributed by atoms with Crippen molar-refractivity contribution in [3.05, 3.63) is 18.2 Å². The highest BCUT2D eigenvalue weighted by Crippen LogP contribution is 2.19. The van der Waals surface area contributed by atoms with E-state index in [0.29, 0.717) is 11.3 Å². The molecule has 5 heteroatoms. The Morgan fingerprint density at radius 3 is 3.18 bits per heavy atom. The van der Waals surface area contributed by atoms with Gasteiger partial charge in [-0.15, -0.1) is 5.10 Å². The number of nitrogens with two attached hydrogens (primary N) is 1. The van der Waals surface area contributed by atoms with Crippen LogP contribution in [0.2, 0.25) is 0 Å². The Balaban J connectivity index is 2.79. The predicted molar refractivity (Wildman–Crippen MR) is 38.7 cm³/mol. The number of fused-ring (bicyclic) bond motifs is 1. The Morgan fingerprint density at radius 1 is 1.45 bits per heavy atom. The Bertz CT molecular complexity index is 369. The summed E-state index contributed by atoms with van der Waals surface area (Å²) in [6.07, 6.45) is 0. The minimum absolute atomic E-state index is 0.524. The third-order valence-electron chi connectivity index (χ3n) is 1.45. The van der Waals surface area contributed by atoms with Gasteiger partial charge in [-0.05, 0) is 12.1 Å². The smallest absolute Gasteiger partial charge is 0.176 e. The molecule has 0 saturated carbocycles. The lowest BCUT2D eigenvalue weighted by Crippen LogP contribution is -2.01. The molecule has 3 N–H and O–H groups in total. The van der Waals surface area contributed by atoms with E-state index in [0.717, 1.165) is 5.52 Å². The van der Waals surface area contributed by atoms with Crippen LogP contribution in [0.3, 0.4) is 0 Å². The largest absolute Gasteiger partial charge is 0.409 e. The molecule has 0 atom stereocenters. The molecular weight excluding hydrogens is 144 g/mol. The molecule has 5 nitrogen and oxygen atoms in total. The SMILES string of the molecule is NOc1cccc2[nH]nnc12. The molecule has 0 saturated heterocycles. The van der Waals surface area contributed by atoms with Gasteiger partial charge in [-0.1, -0.05) is 11.3 Å². The van der Waals surface area contributed by atoms with E-state index in [1.165, 1.54) is 0 Å². The fraction of sp³-hybridized carbons (Fsp3) is 0. The first-order valence-electron chi connectivity index (χ1n) is 3.08. The van der Waals surface area contributed by atoms with Crippen molar-refractivity contribution in [2.45, 2.75) is 0 Å². The summed E-state index contributed by atoms with van der Waals surface area (Å²) in [5.74, 6) is 5.52. The van der Waals surface area contributed by atoms with Crippen molar-refractivity contribution in [3.63, 3.8) is 0 Å². The van der Waals surface area contributed by atoms with Crippen LogP contribution in [-0.4, -0.2) is 15.4 Å². The third-order valence-corrected chi connectivity index (χ3v) is 1.45. The lowest BCUT2D eigenvalue weighted by molar-refractivity contribution is 0.338. The summed E-state index contributed by atoms with van der Waals surface area (Å²) in [6, 6.07) is 5.38. The maximum atomic E-state index is 4.99. The molecule has 2 rings (SSSR count). The summed E-state index contributed by atoms with van der Waals surface area (Å²) in [4.78, 5) is 4.56. The number of rotatable bonds is 1. The van der Waals surface area contributed by atoms with Gasteiger partial charge in [0, 0.05) is 0 Å². The quantitative estimate of drug-likeness (QED) is 0.569. The van der Waals surface area contributed by atoms with E-state index < -0.39 is 0 Å².